The van der Waals surface area contributed by atoms with E-state index in [1.165, 1.54) is 0 Å². The van der Waals surface area contributed by atoms with Gasteiger partial charge in [0.2, 0.25) is 11.8 Å². The van der Waals surface area contributed by atoms with Gasteiger partial charge in [-0.15, -0.1) is 0 Å². The Kier molecular flexibility index (Phi) is 10.4. The van der Waals surface area contributed by atoms with Gasteiger partial charge in [-0.2, -0.15) is 0 Å². The number of carboxylic acid groups (broad SMARTS) is 1. The third kappa shape index (κ3) is 8.49. The summed E-state index contributed by atoms with van der Waals surface area (Å²) >= 11 is 0. The van der Waals surface area contributed by atoms with Crippen LogP contribution in [0.15, 0.2) is 60.7 Å². The van der Waals surface area contributed by atoms with Crippen LogP contribution in [0.25, 0.3) is 0 Å². The summed E-state index contributed by atoms with van der Waals surface area (Å²) in [5, 5.41) is 14.8. The SMILES string of the molecule is NCCCC[C@H](NC(=O)[C@@H](N)Cc1ccccc1)C(=O)N[C@@H](Cc1ccccc1)C(=O)O. The molecule has 0 aliphatic carbocycles. The van der Waals surface area contributed by atoms with E-state index in [1.54, 1.807) is 24.3 Å². The average molecular weight is 441 g/mol. The predicted octanol–water partition coefficient (Wildman–Crippen LogP) is 0.982. The van der Waals surface area contributed by atoms with E-state index in [0.29, 0.717) is 32.2 Å². The van der Waals surface area contributed by atoms with Crippen molar-refractivity contribution in [3.8, 4) is 0 Å². The van der Waals surface area contributed by atoms with Gasteiger partial charge < -0.3 is 27.2 Å². The van der Waals surface area contributed by atoms with Crippen LogP contribution in [0.4, 0.5) is 0 Å². The second-order valence-corrected chi connectivity index (χ2v) is 7.73. The van der Waals surface area contributed by atoms with E-state index in [2.05, 4.69) is 10.6 Å². The van der Waals surface area contributed by atoms with Crippen molar-refractivity contribution < 1.29 is 19.5 Å². The van der Waals surface area contributed by atoms with Crippen LogP contribution in [0.1, 0.15) is 30.4 Å². The van der Waals surface area contributed by atoms with Crippen LogP contribution in [-0.2, 0) is 27.2 Å². The Labute approximate surface area is 188 Å². The Morgan fingerprint density at radius 3 is 1.84 bits per heavy atom. The molecule has 0 heterocycles. The summed E-state index contributed by atoms with van der Waals surface area (Å²) in [4.78, 5) is 37.3. The van der Waals surface area contributed by atoms with Crippen molar-refractivity contribution >= 4 is 17.8 Å². The van der Waals surface area contributed by atoms with Gasteiger partial charge in [0.15, 0.2) is 0 Å². The van der Waals surface area contributed by atoms with Crippen molar-refractivity contribution in [3.63, 3.8) is 0 Å². The number of carboxylic acids is 1. The van der Waals surface area contributed by atoms with E-state index < -0.39 is 35.9 Å². The number of rotatable bonds is 13. The zero-order chi connectivity index (χ0) is 23.3. The summed E-state index contributed by atoms with van der Waals surface area (Å²) < 4.78 is 0. The minimum absolute atomic E-state index is 0.138. The molecular weight excluding hydrogens is 408 g/mol. The summed E-state index contributed by atoms with van der Waals surface area (Å²) in [6.07, 6.45) is 2.10. The fourth-order valence-corrected chi connectivity index (χ4v) is 3.32. The Balaban J connectivity index is 2.03. The highest BCUT2D eigenvalue weighted by molar-refractivity contribution is 5.91. The largest absolute Gasteiger partial charge is 0.480 e. The summed E-state index contributed by atoms with van der Waals surface area (Å²) in [6.45, 7) is 0.460. The number of amides is 2. The first-order valence-corrected chi connectivity index (χ1v) is 10.8. The van der Waals surface area contributed by atoms with Crippen molar-refractivity contribution in [1.29, 1.82) is 0 Å². The smallest absolute Gasteiger partial charge is 0.326 e. The summed E-state index contributed by atoms with van der Waals surface area (Å²) in [6, 6.07) is 15.5. The summed E-state index contributed by atoms with van der Waals surface area (Å²) in [7, 11) is 0. The minimum Gasteiger partial charge on any atom is -0.480 e. The fourth-order valence-electron chi connectivity index (χ4n) is 3.32. The Bertz CT molecular complexity index is 861. The number of nitrogens with two attached hydrogens (primary N) is 2. The molecule has 0 aromatic heterocycles. The van der Waals surface area contributed by atoms with Crippen molar-refractivity contribution in [2.75, 3.05) is 6.54 Å². The maximum Gasteiger partial charge on any atom is 0.326 e. The molecule has 2 amide bonds. The maximum atomic E-state index is 12.9. The lowest BCUT2D eigenvalue weighted by atomic mass is 10.0. The van der Waals surface area contributed by atoms with Crippen molar-refractivity contribution in [1.82, 2.24) is 10.6 Å². The Morgan fingerprint density at radius 2 is 1.31 bits per heavy atom. The third-order valence-electron chi connectivity index (χ3n) is 5.11. The van der Waals surface area contributed by atoms with Crippen LogP contribution in [0.3, 0.4) is 0 Å². The fraction of sp³-hybridized carbons (Fsp3) is 0.375. The van der Waals surface area contributed by atoms with E-state index in [4.69, 9.17) is 11.5 Å². The molecule has 2 aromatic carbocycles. The van der Waals surface area contributed by atoms with E-state index in [-0.39, 0.29) is 6.42 Å². The number of carbonyl (C=O) groups is 3. The Morgan fingerprint density at radius 1 is 0.781 bits per heavy atom. The number of carbonyl (C=O) groups excluding carboxylic acids is 2. The third-order valence-corrected chi connectivity index (χ3v) is 5.11. The van der Waals surface area contributed by atoms with Crippen LogP contribution in [0, 0.1) is 0 Å². The van der Waals surface area contributed by atoms with E-state index >= 15 is 0 Å². The van der Waals surface area contributed by atoms with E-state index in [1.807, 2.05) is 36.4 Å². The van der Waals surface area contributed by atoms with Crippen molar-refractivity contribution in [3.05, 3.63) is 71.8 Å². The van der Waals surface area contributed by atoms with Crippen LogP contribution in [0.5, 0.6) is 0 Å². The van der Waals surface area contributed by atoms with Crippen LogP contribution >= 0.6 is 0 Å². The molecule has 0 unspecified atom stereocenters. The van der Waals surface area contributed by atoms with Gasteiger partial charge in [-0.05, 0) is 43.4 Å². The van der Waals surface area contributed by atoms with Gasteiger partial charge in [0.25, 0.3) is 0 Å². The van der Waals surface area contributed by atoms with Gasteiger partial charge in [-0.25, -0.2) is 4.79 Å². The van der Waals surface area contributed by atoms with Gasteiger partial charge in [0.05, 0.1) is 6.04 Å². The topological polar surface area (TPSA) is 148 Å². The molecule has 3 atom stereocenters. The normalized spacial score (nSPS) is 13.6. The quantitative estimate of drug-likeness (QED) is 0.293. The molecule has 0 fully saturated rings. The standard InChI is InChI=1S/C24H32N4O4/c25-14-8-7-13-20(27-22(29)19(26)15-17-9-3-1-4-10-17)23(30)28-21(24(31)32)16-18-11-5-2-6-12-18/h1-6,9-12,19-21H,7-8,13-16,25-26H2,(H,27,29)(H,28,30)(H,31,32)/t19-,20-,21-/m0/s1. The first-order chi connectivity index (χ1) is 15.4. The molecule has 7 N–H and O–H groups in total. The maximum absolute atomic E-state index is 12.9. The molecule has 0 radical (unpaired) electrons. The highest BCUT2D eigenvalue weighted by Crippen LogP contribution is 2.07. The molecule has 0 aliphatic rings. The molecule has 0 saturated carbocycles. The number of hydrogen-bond acceptors (Lipinski definition) is 5. The zero-order valence-corrected chi connectivity index (χ0v) is 18.1. The van der Waals surface area contributed by atoms with E-state index in [0.717, 1.165) is 11.1 Å². The van der Waals surface area contributed by atoms with Crippen LogP contribution in [-0.4, -0.2) is 47.6 Å². The summed E-state index contributed by atoms with van der Waals surface area (Å²) in [5.74, 6) is -2.16. The minimum atomic E-state index is -1.14. The first kappa shape index (κ1) is 25.0. The lowest BCUT2D eigenvalue weighted by Gasteiger charge is -2.23. The zero-order valence-electron chi connectivity index (χ0n) is 18.1. The van der Waals surface area contributed by atoms with Gasteiger partial charge in [-0.1, -0.05) is 60.7 Å². The van der Waals surface area contributed by atoms with Gasteiger partial charge in [0.1, 0.15) is 12.1 Å². The van der Waals surface area contributed by atoms with Crippen LogP contribution in [0.2, 0.25) is 0 Å². The highest BCUT2D eigenvalue weighted by Gasteiger charge is 2.28. The average Bonchev–Trinajstić information content (AvgIpc) is 2.79. The number of nitrogens with one attached hydrogen (secondary N) is 2. The predicted molar refractivity (Wildman–Crippen MR) is 123 cm³/mol. The second-order valence-electron chi connectivity index (χ2n) is 7.73. The molecule has 0 bridgehead atoms. The lowest BCUT2D eigenvalue weighted by molar-refractivity contribution is -0.142. The molecule has 2 aromatic rings. The Hall–Kier alpha value is -3.23. The monoisotopic (exact) mass is 440 g/mol. The van der Waals surface area contributed by atoms with Gasteiger partial charge in [0, 0.05) is 6.42 Å². The van der Waals surface area contributed by atoms with Gasteiger partial charge >= 0.3 is 5.97 Å². The van der Waals surface area contributed by atoms with Crippen molar-refractivity contribution in [2.45, 2.75) is 50.2 Å². The molecule has 8 nitrogen and oxygen atoms in total. The molecule has 0 spiro atoms. The number of hydrogen-bond donors (Lipinski definition) is 5. The van der Waals surface area contributed by atoms with Crippen molar-refractivity contribution in [2.24, 2.45) is 11.5 Å². The van der Waals surface area contributed by atoms with Crippen LogP contribution < -0.4 is 22.1 Å². The molecule has 8 heteroatoms. The molecule has 32 heavy (non-hydrogen) atoms. The summed E-state index contributed by atoms with van der Waals surface area (Å²) in [5.41, 5.74) is 13.3. The van der Waals surface area contributed by atoms with Gasteiger partial charge in [-0.3, -0.25) is 9.59 Å². The number of unbranched alkanes of at least 4 members (excludes halogenated alkanes) is 1. The molecular formula is C24H32N4O4. The number of aliphatic carboxylic acids is 1. The van der Waals surface area contributed by atoms with E-state index in [9.17, 15) is 19.5 Å². The number of benzene rings is 2. The molecule has 172 valence electrons. The molecule has 0 saturated heterocycles. The second kappa shape index (κ2) is 13.2. The highest BCUT2D eigenvalue weighted by atomic mass is 16.4. The molecule has 2 rings (SSSR count). The molecule has 0 aliphatic heterocycles. The lowest BCUT2D eigenvalue weighted by Crippen LogP contribution is -2.55. The first-order valence-electron chi connectivity index (χ1n) is 10.8.